The lowest BCUT2D eigenvalue weighted by molar-refractivity contribution is 0.101. The van der Waals surface area contributed by atoms with Crippen molar-refractivity contribution in [1.29, 1.82) is 0 Å². The Morgan fingerprint density at radius 3 is 2.08 bits per heavy atom. The average Bonchev–Trinajstić information content (AvgIpc) is 3.38. The first kappa shape index (κ1) is 27.0. The normalized spacial score (nSPS) is 19.8. The van der Waals surface area contributed by atoms with E-state index in [9.17, 15) is 13.2 Å². The summed E-state index contributed by atoms with van der Waals surface area (Å²) in [5, 5.41) is 0. The molecule has 0 radical (unpaired) electrons. The van der Waals surface area contributed by atoms with Crippen molar-refractivity contribution in [3.05, 3.63) is 130 Å². The minimum Gasteiger partial charge on any atom is -0.295 e. The number of Topliss-reactive ketones (excluding diaryl/α,β-unsaturated/α-hetero) is 1. The molecule has 0 saturated carbocycles. The Bertz CT molecular complexity index is 1590. The summed E-state index contributed by atoms with van der Waals surface area (Å²) < 4.78 is 29.2. The third kappa shape index (κ3) is 5.09. The minimum absolute atomic E-state index is 0.00325. The summed E-state index contributed by atoms with van der Waals surface area (Å²) in [4.78, 5) is 12.2. The lowest BCUT2D eigenvalue weighted by atomic mass is 9.68. The fourth-order valence-corrected chi connectivity index (χ4v) is 7.52. The second-order valence-electron chi connectivity index (χ2n) is 10.9. The molecule has 2 atom stereocenters. The molecule has 4 nitrogen and oxygen atoms in total. The molecule has 200 valence electrons. The van der Waals surface area contributed by atoms with Gasteiger partial charge in [0.25, 0.3) is 0 Å². The van der Waals surface area contributed by atoms with E-state index >= 15 is 0 Å². The Hall–Kier alpha value is -3.54. The summed E-state index contributed by atoms with van der Waals surface area (Å²) in [5.74, 6) is 0.0388. The highest BCUT2D eigenvalue weighted by Crippen LogP contribution is 2.51. The molecule has 3 aromatic rings. The number of sulfonamides is 1. The van der Waals surface area contributed by atoms with E-state index in [0.717, 1.165) is 33.4 Å². The Balaban J connectivity index is 1.64. The predicted molar refractivity (Wildman–Crippen MR) is 158 cm³/mol. The van der Waals surface area contributed by atoms with Gasteiger partial charge in [0.1, 0.15) is 0 Å². The van der Waals surface area contributed by atoms with Crippen LogP contribution in [0.3, 0.4) is 0 Å². The lowest BCUT2D eigenvalue weighted by Crippen LogP contribution is -2.29. The molecule has 0 aromatic heterocycles. The van der Waals surface area contributed by atoms with Gasteiger partial charge in [-0.25, -0.2) is 8.42 Å². The Kier molecular flexibility index (Phi) is 7.32. The zero-order chi connectivity index (χ0) is 27.9. The number of allylic oxidation sites excluding steroid dienone is 3. The van der Waals surface area contributed by atoms with Crippen LogP contribution in [0, 0.1) is 18.8 Å². The van der Waals surface area contributed by atoms with E-state index in [1.54, 1.807) is 23.4 Å². The van der Waals surface area contributed by atoms with Crippen molar-refractivity contribution in [1.82, 2.24) is 4.31 Å². The number of nitrogens with zero attached hydrogens (tertiary/aromatic N) is 1. The largest absolute Gasteiger partial charge is 0.295 e. The standard InChI is InChI=1S/C34H35NO3S/c1-22(2)33-24(4)31-20-35(39(37,38)29-17-11-23(3)12-18-29)21-32(31)30(34(33)28-9-7-6-8-10-28)19-26-13-15-27(16-14-26)25(5)36/h6-18,31-32H,4,19-21H2,1-3,5H3/t31-,32+/m1/s1. The number of benzene rings is 3. The number of carbonyl (C=O) groups is 1. The van der Waals surface area contributed by atoms with Gasteiger partial charge in [-0.3, -0.25) is 4.79 Å². The maximum absolute atomic E-state index is 13.8. The summed E-state index contributed by atoms with van der Waals surface area (Å²) in [5.41, 5.74) is 9.63. The number of fused-ring (bicyclic) bond motifs is 1. The van der Waals surface area contributed by atoms with Gasteiger partial charge in [-0.05, 0) is 74.1 Å². The highest BCUT2D eigenvalue weighted by molar-refractivity contribution is 7.89. The van der Waals surface area contributed by atoms with E-state index in [4.69, 9.17) is 0 Å². The molecule has 1 aliphatic carbocycles. The third-order valence-corrected chi connectivity index (χ3v) is 9.90. The van der Waals surface area contributed by atoms with Gasteiger partial charge in [-0.15, -0.1) is 0 Å². The molecule has 0 unspecified atom stereocenters. The SMILES string of the molecule is C=C1C(=C(C)C)C(c2ccccc2)=C(Cc2ccc(C(C)=O)cc2)[C@@H]2CN(S(=O)(=O)c3ccc(C)cc3)C[C@H]12. The smallest absolute Gasteiger partial charge is 0.243 e. The molecule has 5 heteroatoms. The van der Waals surface area contributed by atoms with Crippen LogP contribution in [0.1, 0.15) is 47.8 Å². The second-order valence-corrected chi connectivity index (χ2v) is 12.9. The zero-order valence-corrected chi connectivity index (χ0v) is 23.9. The molecule has 1 aliphatic heterocycles. The topological polar surface area (TPSA) is 54.5 Å². The molecule has 1 saturated heterocycles. The maximum Gasteiger partial charge on any atom is 0.243 e. The number of hydrogen-bond acceptors (Lipinski definition) is 3. The number of carbonyl (C=O) groups excluding carboxylic acids is 1. The van der Waals surface area contributed by atoms with Crippen LogP contribution in [0.15, 0.2) is 113 Å². The Morgan fingerprint density at radius 2 is 1.49 bits per heavy atom. The van der Waals surface area contributed by atoms with Gasteiger partial charge in [0, 0.05) is 30.5 Å². The van der Waals surface area contributed by atoms with Crippen LogP contribution >= 0.6 is 0 Å². The van der Waals surface area contributed by atoms with Crippen LogP contribution in [0.4, 0.5) is 0 Å². The number of ketones is 1. The molecule has 5 rings (SSSR count). The number of aryl methyl sites for hydroxylation is 1. The van der Waals surface area contributed by atoms with Gasteiger partial charge < -0.3 is 0 Å². The fourth-order valence-electron chi connectivity index (χ4n) is 6.02. The zero-order valence-electron chi connectivity index (χ0n) is 23.1. The molecule has 0 spiro atoms. The van der Waals surface area contributed by atoms with E-state index < -0.39 is 10.0 Å². The summed E-state index contributed by atoms with van der Waals surface area (Å²) in [6.45, 7) is 13.1. The molecule has 3 aromatic carbocycles. The summed E-state index contributed by atoms with van der Waals surface area (Å²) in [6.07, 6.45) is 0.673. The van der Waals surface area contributed by atoms with Crippen LogP contribution in [0.25, 0.3) is 5.57 Å². The van der Waals surface area contributed by atoms with Crippen molar-refractivity contribution in [2.24, 2.45) is 11.8 Å². The van der Waals surface area contributed by atoms with Crippen LogP contribution in [0.2, 0.25) is 0 Å². The first-order valence-corrected chi connectivity index (χ1v) is 14.8. The van der Waals surface area contributed by atoms with E-state index in [0.29, 0.717) is 30.0 Å². The minimum atomic E-state index is -3.65. The third-order valence-electron chi connectivity index (χ3n) is 8.05. The average molecular weight is 538 g/mol. The van der Waals surface area contributed by atoms with Gasteiger partial charge >= 0.3 is 0 Å². The molecular formula is C34H35NO3S. The van der Waals surface area contributed by atoms with Crippen LogP contribution in [0.5, 0.6) is 0 Å². The van der Waals surface area contributed by atoms with Crippen molar-refractivity contribution in [3.8, 4) is 0 Å². The van der Waals surface area contributed by atoms with Crippen molar-refractivity contribution in [3.63, 3.8) is 0 Å². The molecule has 1 heterocycles. The van der Waals surface area contributed by atoms with Gasteiger partial charge in [0.15, 0.2) is 5.78 Å². The number of hydrogen-bond donors (Lipinski definition) is 0. The first-order chi connectivity index (χ1) is 18.6. The van der Waals surface area contributed by atoms with Crippen LogP contribution in [-0.2, 0) is 16.4 Å². The Labute approximate surface area is 232 Å². The summed E-state index contributed by atoms with van der Waals surface area (Å²) in [7, 11) is -3.65. The fraction of sp³-hybridized carbons (Fsp3) is 0.265. The molecule has 0 bridgehead atoms. The highest BCUT2D eigenvalue weighted by Gasteiger charge is 2.46. The maximum atomic E-state index is 13.8. The molecule has 39 heavy (non-hydrogen) atoms. The van der Waals surface area contributed by atoms with Crippen LogP contribution in [-0.4, -0.2) is 31.6 Å². The molecular weight excluding hydrogens is 502 g/mol. The highest BCUT2D eigenvalue weighted by atomic mass is 32.2. The molecule has 0 N–H and O–H groups in total. The molecule has 0 amide bonds. The molecule has 1 fully saturated rings. The second kappa shape index (κ2) is 10.6. The predicted octanol–water partition coefficient (Wildman–Crippen LogP) is 7.04. The summed E-state index contributed by atoms with van der Waals surface area (Å²) >= 11 is 0. The quantitative estimate of drug-likeness (QED) is 0.317. The van der Waals surface area contributed by atoms with Gasteiger partial charge in [-0.2, -0.15) is 4.31 Å². The van der Waals surface area contributed by atoms with Gasteiger partial charge in [0.2, 0.25) is 10.0 Å². The van der Waals surface area contributed by atoms with Gasteiger partial charge in [-0.1, -0.05) is 90.0 Å². The molecule has 2 aliphatic rings. The summed E-state index contributed by atoms with van der Waals surface area (Å²) in [6, 6.07) is 25.2. The van der Waals surface area contributed by atoms with Crippen molar-refractivity contribution in [2.45, 2.75) is 39.0 Å². The van der Waals surface area contributed by atoms with Crippen molar-refractivity contribution < 1.29 is 13.2 Å². The Morgan fingerprint density at radius 1 is 0.872 bits per heavy atom. The van der Waals surface area contributed by atoms with E-state index in [-0.39, 0.29) is 17.6 Å². The lowest BCUT2D eigenvalue weighted by Gasteiger charge is -2.36. The van der Waals surface area contributed by atoms with E-state index in [1.165, 1.54) is 11.1 Å². The first-order valence-electron chi connectivity index (χ1n) is 13.4. The van der Waals surface area contributed by atoms with E-state index in [1.807, 2.05) is 61.5 Å². The van der Waals surface area contributed by atoms with Crippen molar-refractivity contribution >= 4 is 21.4 Å². The van der Waals surface area contributed by atoms with Crippen LogP contribution < -0.4 is 0 Å². The monoisotopic (exact) mass is 537 g/mol. The number of rotatable bonds is 6. The van der Waals surface area contributed by atoms with Gasteiger partial charge in [0.05, 0.1) is 4.90 Å². The van der Waals surface area contributed by atoms with Crippen molar-refractivity contribution in [2.75, 3.05) is 13.1 Å². The van der Waals surface area contributed by atoms with E-state index in [2.05, 4.69) is 32.6 Å².